The smallest absolute Gasteiger partial charge is 0.256 e. The van der Waals surface area contributed by atoms with E-state index >= 15 is 0 Å². The van der Waals surface area contributed by atoms with E-state index in [-0.39, 0.29) is 11.9 Å². The number of hydrogen-bond donors (Lipinski definition) is 1. The van der Waals surface area contributed by atoms with E-state index < -0.39 is 0 Å². The quantitative estimate of drug-likeness (QED) is 0.883. The van der Waals surface area contributed by atoms with Gasteiger partial charge < -0.3 is 10.6 Å². The van der Waals surface area contributed by atoms with E-state index in [1.165, 1.54) is 0 Å². The zero-order valence-corrected chi connectivity index (χ0v) is 13.3. The van der Waals surface area contributed by atoms with Crippen LogP contribution in [-0.4, -0.2) is 21.8 Å². The zero-order valence-electron chi connectivity index (χ0n) is 13.3. The van der Waals surface area contributed by atoms with Gasteiger partial charge in [-0.05, 0) is 44.0 Å². The Hall–Kier alpha value is -2.36. The standard InChI is InChI=1S/C18H21N3O/c1-4-11(2)21-10-14-9-16(13-6-5-7-15(19)8-13)20-12(3)17(14)18(21)22/h5-9,11H,4,10,19H2,1-3H3. The Morgan fingerprint density at radius 2 is 2.14 bits per heavy atom. The Labute approximate surface area is 131 Å². The summed E-state index contributed by atoms with van der Waals surface area (Å²) in [6, 6.07) is 9.96. The molecule has 0 aliphatic carbocycles. The van der Waals surface area contributed by atoms with Crippen molar-refractivity contribution in [3.8, 4) is 11.3 Å². The van der Waals surface area contributed by atoms with Gasteiger partial charge in [0.05, 0.1) is 17.0 Å². The maximum Gasteiger partial charge on any atom is 0.256 e. The molecule has 1 unspecified atom stereocenters. The predicted molar refractivity (Wildman–Crippen MR) is 88.4 cm³/mol. The summed E-state index contributed by atoms with van der Waals surface area (Å²) >= 11 is 0. The van der Waals surface area contributed by atoms with E-state index in [4.69, 9.17) is 5.73 Å². The normalized spacial score (nSPS) is 15.0. The molecule has 3 rings (SSSR count). The number of fused-ring (bicyclic) bond motifs is 1. The Balaban J connectivity index is 2.04. The Morgan fingerprint density at radius 1 is 1.36 bits per heavy atom. The number of nitrogens with zero attached hydrogens (tertiary/aromatic N) is 2. The first-order valence-corrected chi connectivity index (χ1v) is 7.68. The molecule has 2 heterocycles. The van der Waals surface area contributed by atoms with Crippen LogP contribution >= 0.6 is 0 Å². The highest BCUT2D eigenvalue weighted by Crippen LogP contribution is 2.31. The summed E-state index contributed by atoms with van der Waals surface area (Å²) in [4.78, 5) is 19.1. The number of benzene rings is 1. The van der Waals surface area contributed by atoms with Crippen molar-refractivity contribution in [2.24, 2.45) is 0 Å². The molecule has 0 saturated heterocycles. The van der Waals surface area contributed by atoms with E-state index in [0.717, 1.165) is 40.2 Å². The molecule has 1 atom stereocenters. The van der Waals surface area contributed by atoms with Crippen molar-refractivity contribution in [3.63, 3.8) is 0 Å². The molecule has 1 aliphatic rings. The summed E-state index contributed by atoms with van der Waals surface area (Å²) in [6.07, 6.45) is 0.953. The van der Waals surface area contributed by atoms with Crippen LogP contribution in [-0.2, 0) is 6.54 Å². The number of nitrogen functional groups attached to an aromatic ring is 1. The van der Waals surface area contributed by atoms with Crippen molar-refractivity contribution in [1.29, 1.82) is 0 Å². The van der Waals surface area contributed by atoms with Crippen LogP contribution in [0.1, 0.15) is 41.9 Å². The van der Waals surface area contributed by atoms with E-state index in [0.29, 0.717) is 6.54 Å². The van der Waals surface area contributed by atoms with Gasteiger partial charge in [-0.15, -0.1) is 0 Å². The lowest BCUT2D eigenvalue weighted by molar-refractivity contribution is 0.0712. The lowest BCUT2D eigenvalue weighted by Crippen LogP contribution is -2.32. The van der Waals surface area contributed by atoms with Crippen molar-refractivity contribution in [2.75, 3.05) is 5.73 Å². The van der Waals surface area contributed by atoms with Crippen molar-refractivity contribution in [3.05, 3.63) is 47.2 Å². The molecule has 4 heteroatoms. The van der Waals surface area contributed by atoms with Gasteiger partial charge in [0, 0.05) is 23.8 Å². The number of amides is 1. The van der Waals surface area contributed by atoms with Crippen molar-refractivity contribution in [1.82, 2.24) is 9.88 Å². The third kappa shape index (κ3) is 2.34. The van der Waals surface area contributed by atoms with Crippen LogP contribution in [0.15, 0.2) is 30.3 Å². The van der Waals surface area contributed by atoms with Crippen LogP contribution in [0, 0.1) is 6.92 Å². The average molecular weight is 295 g/mol. The monoisotopic (exact) mass is 295 g/mol. The van der Waals surface area contributed by atoms with Gasteiger partial charge in [-0.3, -0.25) is 9.78 Å². The van der Waals surface area contributed by atoms with Crippen molar-refractivity contribution >= 4 is 11.6 Å². The fourth-order valence-corrected chi connectivity index (χ4v) is 2.98. The molecule has 1 aromatic heterocycles. The van der Waals surface area contributed by atoms with Gasteiger partial charge in [0.15, 0.2) is 0 Å². The molecule has 4 nitrogen and oxygen atoms in total. The summed E-state index contributed by atoms with van der Waals surface area (Å²) in [5, 5.41) is 0. The van der Waals surface area contributed by atoms with Gasteiger partial charge in [-0.1, -0.05) is 19.1 Å². The van der Waals surface area contributed by atoms with Gasteiger partial charge in [0.1, 0.15) is 0 Å². The van der Waals surface area contributed by atoms with Crippen LogP contribution in [0.25, 0.3) is 11.3 Å². The topological polar surface area (TPSA) is 59.2 Å². The lowest BCUT2D eigenvalue weighted by Gasteiger charge is -2.22. The van der Waals surface area contributed by atoms with Crippen LogP contribution in [0.5, 0.6) is 0 Å². The van der Waals surface area contributed by atoms with E-state index in [9.17, 15) is 4.79 Å². The molecule has 1 aromatic carbocycles. The number of rotatable bonds is 3. The third-order valence-electron chi connectivity index (χ3n) is 4.40. The van der Waals surface area contributed by atoms with E-state index in [1.54, 1.807) is 0 Å². The number of pyridine rings is 1. The minimum absolute atomic E-state index is 0.105. The molecule has 1 amide bonds. The number of nitrogens with two attached hydrogens (primary N) is 1. The average Bonchev–Trinajstić information content (AvgIpc) is 2.84. The summed E-state index contributed by atoms with van der Waals surface area (Å²) < 4.78 is 0. The van der Waals surface area contributed by atoms with Gasteiger partial charge in [-0.25, -0.2) is 0 Å². The van der Waals surface area contributed by atoms with Crippen LogP contribution in [0.2, 0.25) is 0 Å². The fourth-order valence-electron chi connectivity index (χ4n) is 2.98. The van der Waals surface area contributed by atoms with Gasteiger partial charge in [-0.2, -0.15) is 0 Å². The molecule has 114 valence electrons. The molecule has 0 spiro atoms. The number of aromatic nitrogens is 1. The number of carbonyl (C=O) groups is 1. The van der Waals surface area contributed by atoms with E-state index in [1.807, 2.05) is 42.2 Å². The maximum atomic E-state index is 12.6. The second-order valence-electron chi connectivity index (χ2n) is 5.94. The highest BCUT2D eigenvalue weighted by molar-refractivity contribution is 6.00. The predicted octanol–water partition coefficient (Wildman–Crippen LogP) is 3.39. The molecule has 2 aromatic rings. The maximum absolute atomic E-state index is 12.6. The van der Waals surface area contributed by atoms with Gasteiger partial charge >= 0.3 is 0 Å². The molecule has 0 fully saturated rings. The molecular weight excluding hydrogens is 274 g/mol. The van der Waals surface area contributed by atoms with Crippen LogP contribution < -0.4 is 5.73 Å². The Bertz CT molecular complexity index is 739. The molecular formula is C18H21N3O. The number of carbonyl (C=O) groups excluding carboxylic acids is 1. The fraction of sp³-hybridized carbons (Fsp3) is 0.333. The summed E-state index contributed by atoms with van der Waals surface area (Å²) in [5.41, 5.74) is 11.1. The first-order valence-electron chi connectivity index (χ1n) is 7.68. The molecule has 0 bridgehead atoms. The van der Waals surface area contributed by atoms with Gasteiger partial charge in [0.25, 0.3) is 5.91 Å². The molecule has 0 saturated carbocycles. The first kappa shape index (κ1) is 14.6. The number of anilines is 1. The SMILES string of the molecule is CCC(C)N1Cc2cc(-c3cccc(N)c3)nc(C)c2C1=O. The molecule has 22 heavy (non-hydrogen) atoms. The van der Waals surface area contributed by atoms with E-state index in [2.05, 4.69) is 18.8 Å². The Kier molecular flexibility index (Phi) is 3.61. The van der Waals surface area contributed by atoms with Crippen molar-refractivity contribution < 1.29 is 4.79 Å². The number of hydrogen-bond acceptors (Lipinski definition) is 3. The van der Waals surface area contributed by atoms with Crippen molar-refractivity contribution in [2.45, 2.75) is 39.8 Å². The molecule has 0 radical (unpaired) electrons. The minimum Gasteiger partial charge on any atom is -0.399 e. The lowest BCUT2D eigenvalue weighted by atomic mass is 10.0. The van der Waals surface area contributed by atoms with Crippen LogP contribution in [0.3, 0.4) is 0 Å². The largest absolute Gasteiger partial charge is 0.399 e. The summed E-state index contributed by atoms with van der Waals surface area (Å²) in [5.74, 6) is 0.105. The highest BCUT2D eigenvalue weighted by atomic mass is 16.2. The first-order chi connectivity index (χ1) is 10.5. The second kappa shape index (κ2) is 5.44. The molecule has 1 aliphatic heterocycles. The Morgan fingerprint density at radius 3 is 2.82 bits per heavy atom. The highest BCUT2D eigenvalue weighted by Gasteiger charge is 2.32. The molecule has 2 N–H and O–H groups in total. The van der Waals surface area contributed by atoms with Gasteiger partial charge in [0.2, 0.25) is 0 Å². The minimum atomic E-state index is 0.105. The number of aryl methyl sites for hydroxylation is 1. The van der Waals surface area contributed by atoms with Crippen LogP contribution in [0.4, 0.5) is 5.69 Å². The third-order valence-corrected chi connectivity index (χ3v) is 4.40. The zero-order chi connectivity index (χ0) is 15.9. The second-order valence-corrected chi connectivity index (χ2v) is 5.94. The summed E-state index contributed by atoms with van der Waals surface area (Å²) in [6.45, 7) is 6.77. The summed E-state index contributed by atoms with van der Waals surface area (Å²) in [7, 11) is 0.